The van der Waals surface area contributed by atoms with Crippen LogP contribution in [-0.4, -0.2) is 30.1 Å². The number of ether oxygens (including phenoxy) is 1. The van der Waals surface area contributed by atoms with Crippen molar-refractivity contribution in [1.29, 1.82) is 0 Å². The number of carbonyl (C=O) groups is 1. The second-order valence-electron chi connectivity index (χ2n) is 7.02. The lowest BCUT2D eigenvalue weighted by molar-refractivity contribution is -0.384. The lowest BCUT2D eigenvalue weighted by atomic mass is 9.80. The minimum Gasteiger partial charge on any atom is -0.462 e. The summed E-state index contributed by atoms with van der Waals surface area (Å²) in [5, 5.41) is 11.3. The van der Waals surface area contributed by atoms with E-state index < -0.39 is 0 Å². The molecule has 6 nitrogen and oxygen atoms in total. The number of fused-ring (bicyclic) bond motifs is 5. The Morgan fingerprint density at radius 2 is 1.96 bits per heavy atom. The zero-order chi connectivity index (χ0) is 16.1. The van der Waals surface area contributed by atoms with Crippen LogP contribution in [0.5, 0.6) is 0 Å². The van der Waals surface area contributed by atoms with Crippen LogP contribution in [0, 0.1) is 33.8 Å². The van der Waals surface area contributed by atoms with Crippen molar-refractivity contribution in [1.82, 2.24) is 0 Å². The Morgan fingerprint density at radius 3 is 2.70 bits per heavy atom. The molecule has 5 atom stereocenters. The highest BCUT2D eigenvalue weighted by molar-refractivity contribution is 5.66. The molecule has 3 aliphatic rings. The van der Waals surface area contributed by atoms with Gasteiger partial charge in [-0.25, -0.2) is 0 Å². The van der Waals surface area contributed by atoms with Gasteiger partial charge in [0.1, 0.15) is 11.8 Å². The summed E-state index contributed by atoms with van der Waals surface area (Å²) in [7, 11) is 0. The molecule has 5 unspecified atom stereocenters. The number of nitrogens with zero attached hydrogens (tertiary/aromatic N) is 2. The molecule has 0 amide bonds. The Kier molecular flexibility index (Phi) is 3.28. The smallest absolute Gasteiger partial charge is 0.302 e. The summed E-state index contributed by atoms with van der Waals surface area (Å²) < 4.78 is 5.49. The first-order chi connectivity index (χ1) is 11.0. The molecule has 23 heavy (non-hydrogen) atoms. The zero-order valence-electron chi connectivity index (χ0n) is 13.1. The van der Waals surface area contributed by atoms with E-state index in [2.05, 4.69) is 4.90 Å². The molecule has 1 aromatic carbocycles. The van der Waals surface area contributed by atoms with Gasteiger partial charge in [-0.1, -0.05) is 12.1 Å². The van der Waals surface area contributed by atoms with E-state index >= 15 is 0 Å². The molecule has 6 heteroatoms. The molecule has 122 valence electrons. The molecular weight excluding hydrogens is 296 g/mol. The molecule has 3 fully saturated rings. The molecule has 1 heterocycles. The van der Waals surface area contributed by atoms with Crippen molar-refractivity contribution in [3.63, 3.8) is 0 Å². The number of esters is 1. The van der Waals surface area contributed by atoms with Crippen LogP contribution in [0.4, 0.5) is 11.4 Å². The maximum atomic E-state index is 11.3. The van der Waals surface area contributed by atoms with Crippen molar-refractivity contribution in [2.75, 3.05) is 18.0 Å². The normalized spacial score (nSPS) is 34.5. The fraction of sp³-hybridized carbons (Fsp3) is 0.588. The van der Waals surface area contributed by atoms with Crippen LogP contribution < -0.4 is 4.90 Å². The summed E-state index contributed by atoms with van der Waals surface area (Å²) in [6, 6.07) is 6.97. The van der Waals surface area contributed by atoms with Gasteiger partial charge < -0.3 is 9.64 Å². The van der Waals surface area contributed by atoms with Crippen LogP contribution in [0.1, 0.15) is 19.8 Å². The van der Waals surface area contributed by atoms with Crippen LogP contribution in [-0.2, 0) is 9.53 Å². The first-order valence-corrected chi connectivity index (χ1v) is 8.20. The Labute approximate surface area is 134 Å². The van der Waals surface area contributed by atoms with Gasteiger partial charge in [0.05, 0.1) is 4.92 Å². The van der Waals surface area contributed by atoms with Crippen molar-refractivity contribution in [3.8, 4) is 0 Å². The van der Waals surface area contributed by atoms with E-state index in [4.69, 9.17) is 4.74 Å². The van der Waals surface area contributed by atoms with Crippen LogP contribution >= 0.6 is 0 Å². The third-order valence-electron chi connectivity index (χ3n) is 5.89. The van der Waals surface area contributed by atoms with Gasteiger partial charge >= 0.3 is 5.97 Å². The van der Waals surface area contributed by atoms with Crippen molar-refractivity contribution >= 4 is 17.3 Å². The average molecular weight is 316 g/mol. The van der Waals surface area contributed by atoms with E-state index in [0.717, 1.165) is 31.6 Å². The topological polar surface area (TPSA) is 72.7 Å². The number of benzene rings is 1. The van der Waals surface area contributed by atoms with Crippen molar-refractivity contribution < 1.29 is 14.5 Å². The van der Waals surface area contributed by atoms with E-state index in [1.807, 2.05) is 12.1 Å². The summed E-state index contributed by atoms with van der Waals surface area (Å²) in [6.07, 6.45) is 2.14. The number of hydrogen-bond donors (Lipinski definition) is 0. The van der Waals surface area contributed by atoms with E-state index in [1.54, 1.807) is 12.1 Å². The van der Waals surface area contributed by atoms with Crippen LogP contribution in [0.25, 0.3) is 0 Å². The quantitative estimate of drug-likeness (QED) is 0.487. The molecule has 2 aliphatic carbocycles. The molecule has 1 aliphatic heterocycles. The molecule has 1 saturated heterocycles. The van der Waals surface area contributed by atoms with E-state index in [-0.39, 0.29) is 22.7 Å². The molecule has 0 aromatic heterocycles. The summed E-state index contributed by atoms with van der Waals surface area (Å²) in [4.78, 5) is 24.4. The Hall–Kier alpha value is -2.11. The Bertz CT molecular complexity index is 662. The van der Waals surface area contributed by atoms with Gasteiger partial charge in [-0.15, -0.1) is 0 Å². The van der Waals surface area contributed by atoms with Crippen LogP contribution in [0.3, 0.4) is 0 Å². The third kappa shape index (κ3) is 2.28. The highest BCUT2D eigenvalue weighted by Crippen LogP contribution is 2.56. The predicted octanol–water partition coefficient (Wildman–Crippen LogP) is 2.62. The number of anilines is 1. The molecule has 4 rings (SSSR count). The summed E-state index contributed by atoms with van der Waals surface area (Å²) >= 11 is 0. The van der Waals surface area contributed by atoms with E-state index in [9.17, 15) is 14.9 Å². The van der Waals surface area contributed by atoms with Gasteiger partial charge in [0, 0.05) is 32.0 Å². The molecular formula is C17H20N2O4. The zero-order valence-corrected chi connectivity index (χ0v) is 13.1. The van der Waals surface area contributed by atoms with E-state index in [1.165, 1.54) is 6.92 Å². The fourth-order valence-corrected chi connectivity index (χ4v) is 5.11. The standard InChI is InChI=1S/C17H20N2O4/c1-10(20)23-17-7-11-6-12(17)14-9-18(8-13(11)14)15-4-2-3-5-16(15)19(21)22/h2-5,11-14,17H,6-9H2,1H3. The first kappa shape index (κ1) is 14.5. The Balaban J connectivity index is 1.55. The highest BCUT2D eigenvalue weighted by atomic mass is 16.6. The van der Waals surface area contributed by atoms with Gasteiger partial charge in [0.25, 0.3) is 5.69 Å². The Morgan fingerprint density at radius 1 is 1.22 bits per heavy atom. The summed E-state index contributed by atoms with van der Waals surface area (Å²) in [5.74, 6) is 1.86. The van der Waals surface area contributed by atoms with Crippen molar-refractivity contribution in [2.45, 2.75) is 25.9 Å². The van der Waals surface area contributed by atoms with Gasteiger partial charge in [-0.05, 0) is 36.7 Å². The van der Waals surface area contributed by atoms with Crippen molar-refractivity contribution in [3.05, 3.63) is 34.4 Å². The van der Waals surface area contributed by atoms with Gasteiger partial charge in [0.15, 0.2) is 0 Å². The summed E-state index contributed by atoms with van der Waals surface area (Å²) in [6.45, 7) is 3.18. The first-order valence-electron chi connectivity index (χ1n) is 8.20. The third-order valence-corrected chi connectivity index (χ3v) is 5.89. The largest absolute Gasteiger partial charge is 0.462 e. The fourth-order valence-electron chi connectivity index (χ4n) is 5.11. The SMILES string of the molecule is CC(=O)OC1CC2CC1C1CN(c3ccccc3[N+](=O)[O-])CC21. The van der Waals surface area contributed by atoms with Crippen molar-refractivity contribution in [2.24, 2.45) is 23.7 Å². The number of hydrogen-bond acceptors (Lipinski definition) is 5. The van der Waals surface area contributed by atoms with Crippen LogP contribution in [0.2, 0.25) is 0 Å². The number of carbonyl (C=O) groups excluding carboxylic acids is 1. The minimum atomic E-state index is -0.306. The number of para-hydroxylation sites is 2. The van der Waals surface area contributed by atoms with Gasteiger partial charge in [-0.3, -0.25) is 14.9 Å². The second kappa shape index (κ2) is 5.22. The predicted molar refractivity (Wildman–Crippen MR) is 84.1 cm³/mol. The van der Waals surface area contributed by atoms with Gasteiger partial charge in [-0.2, -0.15) is 0 Å². The molecule has 1 aromatic rings. The monoisotopic (exact) mass is 316 g/mol. The van der Waals surface area contributed by atoms with E-state index in [0.29, 0.717) is 23.7 Å². The summed E-state index contributed by atoms with van der Waals surface area (Å²) in [5.41, 5.74) is 0.895. The highest BCUT2D eigenvalue weighted by Gasteiger charge is 2.57. The molecule has 0 spiro atoms. The molecule has 0 radical (unpaired) electrons. The molecule has 0 N–H and O–H groups in total. The lowest BCUT2D eigenvalue weighted by Gasteiger charge is -2.29. The van der Waals surface area contributed by atoms with Gasteiger partial charge in [0.2, 0.25) is 0 Å². The number of nitro benzene ring substituents is 1. The maximum absolute atomic E-state index is 11.3. The maximum Gasteiger partial charge on any atom is 0.302 e. The number of nitro groups is 1. The van der Waals surface area contributed by atoms with Crippen LogP contribution in [0.15, 0.2) is 24.3 Å². The lowest BCUT2D eigenvalue weighted by Crippen LogP contribution is -2.33. The molecule has 2 saturated carbocycles. The average Bonchev–Trinajstić information content (AvgIpc) is 3.16. The number of rotatable bonds is 3. The minimum absolute atomic E-state index is 0.0458. The molecule has 2 bridgehead atoms. The second-order valence-corrected chi connectivity index (χ2v) is 7.02.